The molecule has 0 saturated carbocycles. The first kappa shape index (κ1) is 14.5. The monoisotopic (exact) mass is 328 g/mol. The van der Waals surface area contributed by atoms with Crippen LogP contribution in [0.2, 0.25) is 5.02 Å². The minimum atomic E-state index is -0.190. The molecule has 4 rings (SSSR count). The summed E-state index contributed by atoms with van der Waals surface area (Å²) in [7, 11) is 0. The van der Waals surface area contributed by atoms with Crippen LogP contribution < -0.4 is 10.1 Å². The first-order valence-corrected chi connectivity index (χ1v) is 8.12. The highest BCUT2D eigenvalue weighted by Gasteiger charge is 2.40. The maximum Gasteiger partial charge on any atom is 0.241 e. The number of nitrogens with zero attached hydrogens (tertiary/aromatic N) is 1. The Morgan fingerprint density at radius 3 is 2.83 bits per heavy atom. The molecule has 118 valence electrons. The van der Waals surface area contributed by atoms with Crippen LogP contribution in [0.1, 0.15) is 12.0 Å². The van der Waals surface area contributed by atoms with Crippen molar-refractivity contribution < 1.29 is 9.53 Å². The topological polar surface area (TPSA) is 41.6 Å². The summed E-state index contributed by atoms with van der Waals surface area (Å²) in [5, 5.41) is 3.71. The number of para-hydroxylation sites is 2. The Bertz CT molecular complexity index is 749. The zero-order chi connectivity index (χ0) is 15.8. The van der Waals surface area contributed by atoms with Crippen LogP contribution in [0, 0.1) is 0 Å². The number of hydrogen-bond acceptors (Lipinski definition) is 3. The number of carbonyl (C=O) groups is 1. The molecule has 0 unspecified atom stereocenters. The van der Waals surface area contributed by atoms with Crippen LogP contribution in [0.5, 0.6) is 5.75 Å². The van der Waals surface area contributed by atoms with E-state index in [4.69, 9.17) is 16.3 Å². The van der Waals surface area contributed by atoms with Gasteiger partial charge in [0.25, 0.3) is 0 Å². The predicted molar refractivity (Wildman–Crippen MR) is 89.8 cm³/mol. The molecule has 5 heteroatoms. The third-order valence-corrected chi connectivity index (χ3v) is 4.81. The standard InChI is InChI=1S/C18H17ClN2O2/c19-14-6-2-1-5-12(14)10-21-11-13-9-16(21)18(22)20-15-7-3-4-8-17(15)23-13/h1-8,13,16H,9-11H2,(H,20,22)/t13-,16-/m0/s1. The summed E-state index contributed by atoms with van der Waals surface area (Å²) in [6, 6.07) is 15.1. The van der Waals surface area contributed by atoms with Gasteiger partial charge in [-0.3, -0.25) is 9.69 Å². The minimum Gasteiger partial charge on any atom is -0.487 e. The van der Waals surface area contributed by atoms with E-state index in [1.54, 1.807) is 0 Å². The Balaban J connectivity index is 1.60. The van der Waals surface area contributed by atoms with Gasteiger partial charge in [-0.05, 0) is 23.8 Å². The number of likely N-dealkylation sites (tertiary alicyclic amines) is 1. The molecule has 1 N–H and O–H groups in total. The molecule has 1 fully saturated rings. The largest absolute Gasteiger partial charge is 0.487 e. The van der Waals surface area contributed by atoms with Gasteiger partial charge in [-0.1, -0.05) is 41.9 Å². The van der Waals surface area contributed by atoms with Crippen LogP contribution in [-0.4, -0.2) is 29.5 Å². The first-order chi connectivity index (χ1) is 11.2. The first-order valence-electron chi connectivity index (χ1n) is 7.75. The van der Waals surface area contributed by atoms with Gasteiger partial charge in [-0.25, -0.2) is 0 Å². The molecule has 2 bridgehead atoms. The molecule has 4 nitrogen and oxygen atoms in total. The van der Waals surface area contributed by atoms with Crippen molar-refractivity contribution in [2.24, 2.45) is 0 Å². The Morgan fingerprint density at radius 2 is 1.96 bits per heavy atom. The number of benzene rings is 2. The number of ether oxygens (including phenoxy) is 1. The van der Waals surface area contributed by atoms with Crippen molar-refractivity contribution in [1.82, 2.24) is 4.90 Å². The van der Waals surface area contributed by atoms with E-state index in [0.717, 1.165) is 28.6 Å². The van der Waals surface area contributed by atoms with E-state index in [0.29, 0.717) is 13.0 Å². The Hall–Kier alpha value is -2.04. The quantitative estimate of drug-likeness (QED) is 0.919. The average Bonchev–Trinajstić information content (AvgIpc) is 2.94. The molecule has 23 heavy (non-hydrogen) atoms. The van der Waals surface area contributed by atoms with Crippen molar-refractivity contribution >= 4 is 23.2 Å². The van der Waals surface area contributed by atoms with E-state index in [-0.39, 0.29) is 18.1 Å². The Morgan fingerprint density at radius 1 is 1.17 bits per heavy atom. The van der Waals surface area contributed by atoms with E-state index in [9.17, 15) is 4.79 Å². The van der Waals surface area contributed by atoms with E-state index in [2.05, 4.69) is 10.2 Å². The number of rotatable bonds is 2. The molecular formula is C18H17ClN2O2. The second-order valence-corrected chi connectivity index (χ2v) is 6.40. The summed E-state index contributed by atoms with van der Waals surface area (Å²) < 4.78 is 6.08. The second kappa shape index (κ2) is 5.87. The lowest BCUT2D eigenvalue weighted by atomic mass is 10.1. The normalized spacial score (nSPS) is 23.4. The predicted octanol–water partition coefficient (Wildman–Crippen LogP) is 3.31. The summed E-state index contributed by atoms with van der Waals surface area (Å²) in [5.74, 6) is 0.763. The Kier molecular flexibility index (Phi) is 3.71. The second-order valence-electron chi connectivity index (χ2n) is 6.00. The zero-order valence-electron chi connectivity index (χ0n) is 12.5. The highest BCUT2D eigenvalue weighted by molar-refractivity contribution is 6.31. The van der Waals surface area contributed by atoms with Crippen LogP contribution in [0.4, 0.5) is 5.69 Å². The van der Waals surface area contributed by atoms with E-state index in [1.165, 1.54) is 0 Å². The van der Waals surface area contributed by atoms with Crippen molar-refractivity contribution in [3.63, 3.8) is 0 Å². The minimum absolute atomic E-state index is 0.0229. The molecule has 0 spiro atoms. The van der Waals surface area contributed by atoms with Crippen molar-refractivity contribution in [2.45, 2.75) is 25.1 Å². The summed E-state index contributed by atoms with van der Waals surface area (Å²) >= 11 is 6.26. The lowest BCUT2D eigenvalue weighted by Gasteiger charge is -2.24. The fourth-order valence-corrected chi connectivity index (χ4v) is 3.50. The summed E-state index contributed by atoms with van der Waals surface area (Å²) in [5.41, 5.74) is 1.77. The number of carbonyl (C=O) groups excluding carboxylic acids is 1. The van der Waals surface area contributed by atoms with Crippen LogP contribution in [0.25, 0.3) is 0 Å². The molecule has 2 heterocycles. The van der Waals surface area contributed by atoms with Crippen molar-refractivity contribution in [1.29, 1.82) is 0 Å². The summed E-state index contributed by atoms with van der Waals surface area (Å²) in [4.78, 5) is 14.8. The molecule has 2 aliphatic rings. The number of nitrogens with one attached hydrogen (secondary N) is 1. The lowest BCUT2D eigenvalue weighted by Crippen LogP contribution is -2.39. The smallest absolute Gasteiger partial charge is 0.241 e. The third-order valence-electron chi connectivity index (χ3n) is 4.44. The van der Waals surface area contributed by atoms with Crippen LogP contribution in [0.3, 0.4) is 0 Å². The number of amides is 1. The number of hydrogen-bond donors (Lipinski definition) is 1. The van der Waals surface area contributed by atoms with Gasteiger partial charge in [0.2, 0.25) is 5.91 Å². The summed E-state index contributed by atoms with van der Waals surface area (Å²) in [6.07, 6.45) is 0.722. The molecule has 1 amide bonds. The maximum absolute atomic E-state index is 12.6. The molecular weight excluding hydrogens is 312 g/mol. The highest BCUT2D eigenvalue weighted by Crippen LogP contribution is 2.33. The van der Waals surface area contributed by atoms with Gasteiger partial charge in [-0.15, -0.1) is 0 Å². The molecule has 2 aromatic rings. The van der Waals surface area contributed by atoms with Gasteiger partial charge < -0.3 is 10.1 Å². The van der Waals surface area contributed by atoms with E-state index in [1.807, 2.05) is 48.5 Å². The van der Waals surface area contributed by atoms with Crippen molar-refractivity contribution in [3.8, 4) is 5.75 Å². The van der Waals surface area contributed by atoms with Gasteiger partial charge in [0.1, 0.15) is 11.9 Å². The SMILES string of the molecule is O=C1Nc2ccccc2O[C@H]2C[C@@H]1N(Cc1ccccc1Cl)C2. The van der Waals surface area contributed by atoms with Crippen molar-refractivity contribution in [3.05, 3.63) is 59.1 Å². The van der Waals surface area contributed by atoms with Gasteiger partial charge >= 0.3 is 0 Å². The van der Waals surface area contributed by atoms with Gasteiger partial charge in [0.15, 0.2) is 0 Å². The number of halogens is 1. The lowest BCUT2D eigenvalue weighted by molar-refractivity contribution is -0.120. The molecule has 2 aliphatic heterocycles. The molecule has 2 aromatic carbocycles. The van der Waals surface area contributed by atoms with Gasteiger partial charge in [0.05, 0.1) is 11.7 Å². The van der Waals surface area contributed by atoms with Gasteiger partial charge in [0, 0.05) is 24.5 Å². The van der Waals surface area contributed by atoms with Crippen molar-refractivity contribution in [2.75, 3.05) is 11.9 Å². The molecule has 2 atom stereocenters. The fourth-order valence-electron chi connectivity index (χ4n) is 3.31. The van der Waals surface area contributed by atoms with Gasteiger partial charge in [-0.2, -0.15) is 0 Å². The maximum atomic E-state index is 12.6. The Labute approximate surface area is 140 Å². The van der Waals surface area contributed by atoms with Crippen LogP contribution in [-0.2, 0) is 11.3 Å². The summed E-state index contributed by atoms with van der Waals surface area (Å²) in [6.45, 7) is 1.37. The molecule has 0 radical (unpaired) electrons. The third kappa shape index (κ3) is 2.80. The zero-order valence-corrected chi connectivity index (χ0v) is 13.3. The number of fused-ring (bicyclic) bond motifs is 3. The van der Waals surface area contributed by atoms with Crippen LogP contribution >= 0.6 is 11.6 Å². The van der Waals surface area contributed by atoms with E-state index >= 15 is 0 Å². The number of anilines is 1. The molecule has 1 saturated heterocycles. The fraction of sp³-hybridized carbons (Fsp3) is 0.278. The molecule has 0 aromatic heterocycles. The average molecular weight is 329 g/mol. The van der Waals surface area contributed by atoms with E-state index < -0.39 is 0 Å². The highest BCUT2D eigenvalue weighted by atomic mass is 35.5. The molecule has 0 aliphatic carbocycles. The van der Waals surface area contributed by atoms with Crippen LogP contribution in [0.15, 0.2) is 48.5 Å².